The average molecular weight is 496 g/mol. The number of halogens is 1. The van der Waals surface area contributed by atoms with Gasteiger partial charge < -0.3 is 10.2 Å². The molecule has 172 valence electrons. The number of thioether (sulfide) groups is 1. The molecule has 0 radical (unpaired) electrons. The minimum absolute atomic E-state index is 0.0551. The molecule has 1 aliphatic heterocycles. The highest BCUT2D eigenvalue weighted by atomic mass is 35.5. The van der Waals surface area contributed by atoms with Crippen LogP contribution in [0.1, 0.15) is 24.8 Å². The van der Waals surface area contributed by atoms with Crippen LogP contribution in [0.5, 0.6) is 0 Å². The number of aryl methyl sites for hydroxylation is 1. The normalized spacial score (nSPS) is 14.1. The van der Waals surface area contributed by atoms with Crippen molar-refractivity contribution in [1.29, 1.82) is 0 Å². The number of rotatable bonds is 8. The van der Waals surface area contributed by atoms with Crippen LogP contribution in [0.2, 0.25) is 5.02 Å². The van der Waals surface area contributed by atoms with Gasteiger partial charge in [-0.05, 0) is 68.1 Å². The van der Waals surface area contributed by atoms with E-state index >= 15 is 0 Å². The van der Waals surface area contributed by atoms with Gasteiger partial charge in [0, 0.05) is 29.5 Å². The van der Waals surface area contributed by atoms with E-state index in [1.165, 1.54) is 17.8 Å². The zero-order valence-corrected chi connectivity index (χ0v) is 20.2. The Morgan fingerprint density at radius 3 is 2.34 bits per heavy atom. The number of nitrogens with one attached hydrogen (secondary N) is 2. The molecule has 3 rings (SSSR count). The van der Waals surface area contributed by atoms with Gasteiger partial charge in [0.05, 0.1) is 16.4 Å². The van der Waals surface area contributed by atoms with E-state index in [4.69, 9.17) is 11.6 Å². The standard InChI is InChI=1S/C22H26ClN3O4S2/c1-16-5-8-19(13-20(16)32(29,30)25-18-9-6-17(23)7-10-18)24-21(27)14-31-15-22(28)26-11-3-2-4-12-26/h5-10,13,25H,2-4,11-12,14-15H2,1H3,(H,24,27). The van der Waals surface area contributed by atoms with Gasteiger partial charge in [0.2, 0.25) is 11.8 Å². The fourth-order valence-corrected chi connectivity index (χ4v) is 5.53. The Kier molecular flexibility index (Phi) is 8.44. The van der Waals surface area contributed by atoms with Gasteiger partial charge in [0.15, 0.2) is 0 Å². The third-order valence-corrected chi connectivity index (χ3v) is 7.72. The van der Waals surface area contributed by atoms with Crippen molar-refractivity contribution in [2.24, 2.45) is 0 Å². The SMILES string of the molecule is Cc1ccc(NC(=O)CSCC(=O)N2CCCCC2)cc1S(=O)(=O)Nc1ccc(Cl)cc1. The summed E-state index contributed by atoms with van der Waals surface area (Å²) in [5.41, 5.74) is 1.31. The molecule has 2 aromatic carbocycles. The molecular formula is C22H26ClN3O4S2. The molecule has 0 saturated carbocycles. The smallest absolute Gasteiger partial charge is 0.262 e. The second-order valence-corrected chi connectivity index (χ2v) is 10.6. The van der Waals surface area contributed by atoms with E-state index in [0.29, 0.717) is 22.0 Å². The van der Waals surface area contributed by atoms with Gasteiger partial charge >= 0.3 is 0 Å². The first-order valence-corrected chi connectivity index (χ1v) is 13.3. The summed E-state index contributed by atoms with van der Waals surface area (Å²) < 4.78 is 28.2. The number of anilines is 2. The molecule has 10 heteroatoms. The summed E-state index contributed by atoms with van der Waals surface area (Å²) in [5, 5.41) is 3.22. The zero-order chi connectivity index (χ0) is 23.1. The molecule has 32 heavy (non-hydrogen) atoms. The summed E-state index contributed by atoms with van der Waals surface area (Å²) in [4.78, 5) is 26.4. The van der Waals surface area contributed by atoms with Crippen molar-refractivity contribution in [2.45, 2.75) is 31.1 Å². The number of piperidine rings is 1. The van der Waals surface area contributed by atoms with Crippen molar-refractivity contribution in [3.05, 3.63) is 53.1 Å². The fraction of sp³-hybridized carbons (Fsp3) is 0.364. The number of amides is 2. The van der Waals surface area contributed by atoms with E-state index in [1.54, 1.807) is 43.3 Å². The fourth-order valence-electron chi connectivity index (χ4n) is 3.36. The lowest BCUT2D eigenvalue weighted by Gasteiger charge is -2.26. The molecule has 1 fully saturated rings. The number of hydrogen-bond acceptors (Lipinski definition) is 5. The van der Waals surface area contributed by atoms with Crippen LogP contribution in [0.15, 0.2) is 47.4 Å². The molecule has 0 spiro atoms. The Morgan fingerprint density at radius 2 is 1.66 bits per heavy atom. The molecule has 7 nitrogen and oxygen atoms in total. The summed E-state index contributed by atoms with van der Waals surface area (Å²) >= 11 is 7.10. The van der Waals surface area contributed by atoms with Crippen molar-refractivity contribution in [3.63, 3.8) is 0 Å². The molecule has 2 aromatic rings. The number of sulfonamides is 1. The van der Waals surface area contributed by atoms with Crippen LogP contribution in [-0.4, -0.2) is 49.7 Å². The number of nitrogens with zero attached hydrogens (tertiary/aromatic N) is 1. The highest BCUT2D eigenvalue weighted by molar-refractivity contribution is 8.00. The van der Waals surface area contributed by atoms with Crippen LogP contribution in [0.25, 0.3) is 0 Å². The summed E-state index contributed by atoms with van der Waals surface area (Å²) in [7, 11) is -3.86. The van der Waals surface area contributed by atoms with Gasteiger partial charge in [0.1, 0.15) is 0 Å². The number of carbonyl (C=O) groups excluding carboxylic acids is 2. The first-order chi connectivity index (χ1) is 15.2. The van der Waals surface area contributed by atoms with E-state index in [0.717, 1.165) is 32.4 Å². The van der Waals surface area contributed by atoms with Gasteiger partial charge in [-0.1, -0.05) is 17.7 Å². The van der Waals surface area contributed by atoms with Gasteiger partial charge in [-0.3, -0.25) is 14.3 Å². The maximum absolute atomic E-state index is 12.8. The van der Waals surface area contributed by atoms with Crippen molar-refractivity contribution in [3.8, 4) is 0 Å². The minimum atomic E-state index is -3.86. The van der Waals surface area contributed by atoms with Crippen LogP contribution < -0.4 is 10.0 Å². The number of likely N-dealkylation sites (tertiary alicyclic amines) is 1. The quantitative estimate of drug-likeness (QED) is 0.574. The molecular weight excluding hydrogens is 470 g/mol. The summed E-state index contributed by atoms with van der Waals surface area (Å²) in [5.74, 6) is 0.128. The molecule has 0 atom stereocenters. The minimum Gasteiger partial charge on any atom is -0.342 e. The first-order valence-electron chi connectivity index (χ1n) is 10.3. The first kappa shape index (κ1) is 24.4. The summed E-state index contributed by atoms with van der Waals surface area (Å²) in [6, 6.07) is 11.0. The Bertz CT molecular complexity index is 1070. The third kappa shape index (κ3) is 6.88. The highest BCUT2D eigenvalue weighted by Crippen LogP contribution is 2.24. The molecule has 0 aliphatic carbocycles. The van der Waals surface area contributed by atoms with Gasteiger partial charge in [0.25, 0.3) is 10.0 Å². The molecule has 1 aliphatic rings. The van der Waals surface area contributed by atoms with Crippen molar-refractivity contribution >= 4 is 56.6 Å². The molecule has 2 amide bonds. The van der Waals surface area contributed by atoms with Crippen LogP contribution >= 0.6 is 23.4 Å². The second-order valence-electron chi connectivity index (χ2n) is 7.58. The Labute approximate surface area is 198 Å². The molecule has 1 saturated heterocycles. The number of hydrogen-bond donors (Lipinski definition) is 2. The van der Waals surface area contributed by atoms with E-state index < -0.39 is 10.0 Å². The summed E-state index contributed by atoms with van der Waals surface area (Å²) in [6.45, 7) is 3.26. The topological polar surface area (TPSA) is 95.6 Å². The van der Waals surface area contributed by atoms with Crippen molar-refractivity contribution in [2.75, 3.05) is 34.6 Å². The third-order valence-electron chi connectivity index (χ3n) is 5.03. The van der Waals surface area contributed by atoms with Crippen LogP contribution in [0, 0.1) is 6.92 Å². The van der Waals surface area contributed by atoms with Crippen LogP contribution in [0.4, 0.5) is 11.4 Å². The van der Waals surface area contributed by atoms with Crippen LogP contribution in [-0.2, 0) is 19.6 Å². The largest absolute Gasteiger partial charge is 0.342 e. The van der Waals surface area contributed by atoms with Gasteiger partial charge in [-0.15, -0.1) is 11.8 Å². The van der Waals surface area contributed by atoms with E-state index in [1.807, 2.05) is 4.90 Å². The summed E-state index contributed by atoms with van der Waals surface area (Å²) in [6.07, 6.45) is 3.22. The predicted octanol–water partition coefficient (Wildman–Crippen LogP) is 4.13. The Hall–Kier alpha value is -2.23. The van der Waals surface area contributed by atoms with Crippen molar-refractivity contribution < 1.29 is 18.0 Å². The maximum atomic E-state index is 12.8. The Morgan fingerprint density at radius 1 is 1.00 bits per heavy atom. The lowest BCUT2D eigenvalue weighted by molar-refractivity contribution is -0.129. The molecule has 2 N–H and O–H groups in total. The predicted molar refractivity (Wildman–Crippen MR) is 130 cm³/mol. The monoisotopic (exact) mass is 495 g/mol. The second kappa shape index (κ2) is 11.1. The highest BCUT2D eigenvalue weighted by Gasteiger charge is 2.19. The van der Waals surface area contributed by atoms with E-state index in [9.17, 15) is 18.0 Å². The lowest BCUT2D eigenvalue weighted by Crippen LogP contribution is -2.37. The molecule has 0 unspecified atom stereocenters. The van der Waals surface area contributed by atoms with E-state index in [-0.39, 0.29) is 28.2 Å². The molecule has 0 bridgehead atoms. The molecule has 0 aromatic heterocycles. The lowest BCUT2D eigenvalue weighted by atomic mass is 10.1. The average Bonchev–Trinajstić information content (AvgIpc) is 2.77. The van der Waals surface area contributed by atoms with Gasteiger partial charge in [-0.25, -0.2) is 8.42 Å². The zero-order valence-electron chi connectivity index (χ0n) is 17.8. The number of carbonyl (C=O) groups is 2. The number of benzene rings is 2. The maximum Gasteiger partial charge on any atom is 0.262 e. The van der Waals surface area contributed by atoms with Crippen molar-refractivity contribution in [1.82, 2.24) is 4.90 Å². The molecule has 1 heterocycles. The van der Waals surface area contributed by atoms with Crippen LogP contribution in [0.3, 0.4) is 0 Å². The van der Waals surface area contributed by atoms with E-state index in [2.05, 4.69) is 10.0 Å². The van der Waals surface area contributed by atoms with Gasteiger partial charge in [-0.2, -0.15) is 0 Å². The Balaban J connectivity index is 1.57.